The van der Waals surface area contributed by atoms with E-state index in [-0.39, 0.29) is 5.54 Å². The van der Waals surface area contributed by atoms with Gasteiger partial charge >= 0.3 is 5.97 Å². The molecular weight excluding hydrogens is 438 g/mol. The van der Waals surface area contributed by atoms with Crippen LogP contribution in [0, 0.1) is 16.7 Å². The average molecular weight is 480 g/mol. The van der Waals surface area contributed by atoms with Crippen LogP contribution >= 0.6 is 0 Å². The third-order valence-corrected chi connectivity index (χ3v) is 9.49. The van der Waals surface area contributed by atoms with Gasteiger partial charge in [-0.25, -0.2) is 0 Å². The monoisotopic (exact) mass is 479 g/mol. The van der Waals surface area contributed by atoms with E-state index in [1.807, 2.05) is 0 Å². The zero-order chi connectivity index (χ0) is 24.8. The highest BCUT2D eigenvalue weighted by Gasteiger charge is 2.57. The van der Waals surface area contributed by atoms with Crippen molar-refractivity contribution < 1.29 is 19.7 Å². The molecule has 0 amide bonds. The Morgan fingerprint density at radius 3 is 2.29 bits per heavy atom. The maximum Gasteiger partial charge on any atom is 0.312 e. The number of aliphatic hydroxyl groups is 1. The molecule has 2 aromatic rings. The van der Waals surface area contributed by atoms with Crippen molar-refractivity contribution >= 4 is 16.7 Å². The van der Waals surface area contributed by atoms with Crippen LogP contribution in [0.3, 0.4) is 0 Å². The molecule has 3 N–H and O–H groups in total. The van der Waals surface area contributed by atoms with Crippen LogP contribution in [0.15, 0.2) is 36.4 Å². The van der Waals surface area contributed by atoms with E-state index in [9.17, 15) is 15.0 Å². The Morgan fingerprint density at radius 1 is 1.00 bits per heavy atom. The van der Waals surface area contributed by atoms with Gasteiger partial charge in [0.25, 0.3) is 0 Å². The van der Waals surface area contributed by atoms with Crippen molar-refractivity contribution in [2.45, 2.75) is 103 Å². The first kappa shape index (κ1) is 24.6. The summed E-state index contributed by atoms with van der Waals surface area (Å²) in [6, 6.07) is 13.0. The van der Waals surface area contributed by atoms with Gasteiger partial charge in [0.1, 0.15) is 5.75 Å². The number of carboxylic acids is 1. The van der Waals surface area contributed by atoms with Gasteiger partial charge in [-0.3, -0.25) is 4.79 Å². The number of fused-ring (bicyclic) bond motifs is 4. The van der Waals surface area contributed by atoms with Crippen molar-refractivity contribution in [3.63, 3.8) is 0 Å². The van der Waals surface area contributed by atoms with Gasteiger partial charge in [0.05, 0.1) is 17.6 Å². The fourth-order valence-corrected chi connectivity index (χ4v) is 6.87. The molecule has 4 aliphatic carbocycles. The van der Waals surface area contributed by atoms with Gasteiger partial charge in [-0.05, 0) is 104 Å². The molecule has 190 valence electrons. The first-order valence-corrected chi connectivity index (χ1v) is 13.4. The summed E-state index contributed by atoms with van der Waals surface area (Å²) < 4.78 is 6.37. The number of nitrogens with one attached hydrogen (secondary N) is 1. The summed E-state index contributed by atoms with van der Waals surface area (Å²) in [6.07, 6.45) is 7.54. The molecule has 0 aromatic heterocycles. The minimum absolute atomic E-state index is 0.157. The molecule has 0 heterocycles. The Morgan fingerprint density at radius 2 is 1.66 bits per heavy atom. The summed E-state index contributed by atoms with van der Waals surface area (Å²) in [5.41, 5.74) is 0.501. The second-order valence-corrected chi connectivity index (χ2v) is 12.6. The van der Waals surface area contributed by atoms with Gasteiger partial charge in [0, 0.05) is 12.1 Å². The van der Waals surface area contributed by atoms with Crippen molar-refractivity contribution in [3.05, 3.63) is 42.0 Å². The molecule has 4 aliphatic rings. The molecule has 5 nitrogen and oxygen atoms in total. The minimum atomic E-state index is -0.932. The molecular formula is C30H41NO4. The molecule has 1 atom stereocenters. The molecule has 4 fully saturated rings. The molecule has 1 unspecified atom stereocenters. The summed E-state index contributed by atoms with van der Waals surface area (Å²) >= 11 is 0. The molecule has 2 aromatic carbocycles. The average Bonchev–Trinajstić information content (AvgIpc) is 2.83. The van der Waals surface area contributed by atoms with Gasteiger partial charge in [0.2, 0.25) is 0 Å². The van der Waals surface area contributed by atoms with E-state index >= 15 is 0 Å². The van der Waals surface area contributed by atoms with Crippen LogP contribution in [0.1, 0.15) is 84.1 Å². The number of carbonyl (C=O) groups is 1. The number of benzene rings is 2. The van der Waals surface area contributed by atoms with E-state index in [0.717, 1.165) is 43.9 Å². The lowest BCUT2D eigenvalue weighted by atomic mass is 9.55. The maximum atomic E-state index is 11.7. The van der Waals surface area contributed by atoms with Crippen molar-refractivity contribution in [2.75, 3.05) is 0 Å². The topological polar surface area (TPSA) is 78.8 Å². The van der Waals surface area contributed by atoms with Gasteiger partial charge in [0.15, 0.2) is 0 Å². The first-order valence-electron chi connectivity index (χ1n) is 13.4. The minimum Gasteiger partial charge on any atom is -0.490 e. The lowest BCUT2D eigenvalue weighted by Gasteiger charge is -2.54. The fraction of sp³-hybridized carbons (Fsp3) is 0.633. The summed E-state index contributed by atoms with van der Waals surface area (Å²) in [5, 5.41) is 26.3. The predicted octanol–water partition coefficient (Wildman–Crippen LogP) is 6.06. The number of ether oxygens (including phenoxy) is 1. The summed E-state index contributed by atoms with van der Waals surface area (Å²) in [6.45, 7) is 7.77. The van der Waals surface area contributed by atoms with Crippen LogP contribution in [0.5, 0.6) is 5.75 Å². The molecule has 6 rings (SSSR count). The highest BCUT2D eigenvalue weighted by molar-refractivity contribution is 5.84. The highest BCUT2D eigenvalue weighted by atomic mass is 16.5. The molecule has 35 heavy (non-hydrogen) atoms. The van der Waals surface area contributed by atoms with Crippen molar-refractivity contribution in [2.24, 2.45) is 16.7 Å². The van der Waals surface area contributed by atoms with E-state index < -0.39 is 17.5 Å². The molecule has 0 radical (unpaired) electrons. The Labute approximate surface area is 209 Å². The summed E-state index contributed by atoms with van der Waals surface area (Å²) in [5.74, 6) is 0.909. The second-order valence-electron chi connectivity index (χ2n) is 12.6. The second kappa shape index (κ2) is 9.08. The highest BCUT2D eigenvalue weighted by Crippen LogP contribution is 2.52. The van der Waals surface area contributed by atoms with Crippen LogP contribution in [-0.4, -0.2) is 33.9 Å². The molecule has 2 bridgehead atoms. The Hall–Kier alpha value is -2.11. The number of hydrogen-bond acceptors (Lipinski definition) is 4. The van der Waals surface area contributed by atoms with E-state index in [1.165, 1.54) is 29.2 Å². The van der Waals surface area contributed by atoms with Crippen LogP contribution in [0.4, 0.5) is 0 Å². The molecule has 4 saturated carbocycles. The van der Waals surface area contributed by atoms with E-state index in [2.05, 4.69) is 62.5 Å². The SMILES string of the molecule is CC(C)(C)[C@H]1CC[C@H](Oc2ccc3cc(CNC45CCC(C(=O)O)(CC4)C(O)C5)ccc3c2)CC1. The van der Waals surface area contributed by atoms with Crippen molar-refractivity contribution in [1.29, 1.82) is 0 Å². The van der Waals surface area contributed by atoms with Crippen LogP contribution in [0.25, 0.3) is 10.8 Å². The van der Waals surface area contributed by atoms with Crippen LogP contribution in [0.2, 0.25) is 0 Å². The largest absolute Gasteiger partial charge is 0.490 e. The zero-order valence-electron chi connectivity index (χ0n) is 21.5. The van der Waals surface area contributed by atoms with Gasteiger partial charge in [-0.1, -0.05) is 39.0 Å². The van der Waals surface area contributed by atoms with E-state index in [4.69, 9.17) is 4.74 Å². The van der Waals surface area contributed by atoms with Crippen LogP contribution < -0.4 is 10.1 Å². The molecule has 5 heteroatoms. The number of aliphatic hydroxyl groups excluding tert-OH is 1. The third-order valence-electron chi connectivity index (χ3n) is 9.49. The van der Waals surface area contributed by atoms with E-state index in [1.54, 1.807) is 0 Å². The summed E-state index contributed by atoms with van der Waals surface area (Å²) in [4.78, 5) is 11.7. The van der Waals surface area contributed by atoms with Crippen molar-refractivity contribution in [3.8, 4) is 5.75 Å². The number of rotatable bonds is 6. The molecule has 0 saturated heterocycles. The molecule has 0 aliphatic heterocycles. The summed E-state index contributed by atoms with van der Waals surface area (Å²) in [7, 11) is 0. The lowest BCUT2D eigenvalue weighted by Crippen LogP contribution is -2.62. The number of hydrogen-bond donors (Lipinski definition) is 3. The smallest absolute Gasteiger partial charge is 0.312 e. The van der Waals surface area contributed by atoms with E-state index in [0.29, 0.717) is 30.8 Å². The fourth-order valence-electron chi connectivity index (χ4n) is 6.87. The predicted molar refractivity (Wildman–Crippen MR) is 139 cm³/mol. The Kier molecular flexibility index (Phi) is 6.38. The zero-order valence-corrected chi connectivity index (χ0v) is 21.5. The molecule has 0 spiro atoms. The third kappa shape index (κ3) is 4.82. The normalized spacial score (nSPS) is 33.1. The first-order chi connectivity index (χ1) is 16.6. The van der Waals surface area contributed by atoms with Gasteiger partial charge in [-0.2, -0.15) is 0 Å². The standard InChI is InChI=1S/C30H41NO4/c1-28(2,3)23-7-10-24(11-8-23)35-25-9-6-21-16-20(4-5-22(21)17-25)19-31-29-12-14-30(15-13-29,27(33)34)26(32)18-29/h4-6,9,16-17,23-24,26,31-32H,7-8,10-15,18-19H2,1-3H3,(H,33,34)/t23-,24-,26?,29?,30?. The number of carboxylic acid groups (broad SMARTS) is 1. The lowest BCUT2D eigenvalue weighted by molar-refractivity contribution is -0.172. The maximum absolute atomic E-state index is 11.7. The van der Waals surface area contributed by atoms with Crippen LogP contribution in [-0.2, 0) is 11.3 Å². The Balaban J connectivity index is 1.19. The van der Waals surface area contributed by atoms with Gasteiger partial charge in [-0.15, -0.1) is 0 Å². The Bertz CT molecular complexity index is 1070. The quantitative estimate of drug-likeness (QED) is 0.469. The van der Waals surface area contributed by atoms with Gasteiger partial charge < -0.3 is 20.3 Å². The van der Waals surface area contributed by atoms with Crippen molar-refractivity contribution in [1.82, 2.24) is 5.32 Å². The number of aliphatic carboxylic acids is 1.